The Balaban J connectivity index is 2.38. The number of fused-ring (bicyclic) bond motifs is 1. The maximum absolute atomic E-state index is 10.6. The predicted octanol–water partition coefficient (Wildman–Crippen LogP) is -0.135. The Labute approximate surface area is 86.1 Å². The van der Waals surface area contributed by atoms with E-state index >= 15 is 0 Å². The van der Waals surface area contributed by atoms with Crippen LogP contribution < -0.4 is 11.1 Å². The Morgan fingerprint density at radius 2 is 2.40 bits per heavy atom. The number of nitrogens with zero attached hydrogens (tertiary/aromatic N) is 3. The first-order valence-electron chi connectivity index (χ1n) is 4.46. The monoisotopic (exact) mass is 205 g/mol. The van der Waals surface area contributed by atoms with Gasteiger partial charge in [-0.1, -0.05) is 0 Å². The van der Waals surface area contributed by atoms with Crippen LogP contribution in [-0.2, 0) is 11.8 Å². The maximum atomic E-state index is 10.6. The average Bonchev–Trinajstić information content (AvgIpc) is 2.58. The molecule has 6 nitrogen and oxygen atoms in total. The summed E-state index contributed by atoms with van der Waals surface area (Å²) < 4.78 is 1.88. The van der Waals surface area contributed by atoms with Crippen molar-refractivity contribution in [3.05, 3.63) is 18.6 Å². The van der Waals surface area contributed by atoms with Crippen LogP contribution in [0.4, 0.5) is 5.82 Å². The van der Waals surface area contributed by atoms with Gasteiger partial charge >= 0.3 is 0 Å². The summed E-state index contributed by atoms with van der Waals surface area (Å²) >= 11 is 0. The quantitative estimate of drug-likeness (QED) is 0.730. The van der Waals surface area contributed by atoms with Crippen LogP contribution in [0.1, 0.15) is 0 Å². The lowest BCUT2D eigenvalue weighted by atomic mass is 10.3. The van der Waals surface area contributed by atoms with Crippen molar-refractivity contribution in [1.82, 2.24) is 14.5 Å². The van der Waals surface area contributed by atoms with E-state index < -0.39 is 5.91 Å². The summed E-state index contributed by atoms with van der Waals surface area (Å²) in [6, 6.07) is 1.86. The van der Waals surface area contributed by atoms with E-state index in [1.165, 1.54) is 0 Å². The SMILES string of the molecule is Cn1cnc2c(NCC(N)=O)nccc21. The second-order valence-electron chi connectivity index (χ2n) is 3.20. The van der Waals surface area contributed by atoms with Crippen molar-refractivity contribution in [2.75, 3.05) is 11.9 Å². The minimum atomic E-state index is -0.426. The molecule has 0 atom stereocenters. The van der Waals surface area contributed by atoms with Crippen molar-refractivity contribution in [2.24, 2.45) is 12.8 Å². The van der Waals surface area contributed by atoms with Gasteiger partial charge in [0.1, 0.15) is 5.52 Å². The van der Waals surface area contributed by atoms with Gasteiger partial charge in [-0.3, -0.25) is 4.79 Å². The minimum Gasteiger partial charge on any atom is -0.368 e. The molecule has 15 heavy (non-hydrogen) atoms. The molecule has 6 heteroatoms. The van der Waals surface area contributed by atoms with E-state index in [1.807, 2.05) is 17.7 Å². The van der Waals surface area contributed by atoms with Crippen LogP contribution in [0.3, 0.4) is 0 Å². The minimum absolute atomic E-state index is 0.0582. The Morgan fingerprint density at radius 3 is 3.13 bits per heavy atom. The molecule has 0 unspecified atom stereocenters. The lowest BCUT2D eigenvalue weighted by molar-refractivity contribution is -0.116. The second-order valence-corrected chi connectivity index (χ2v) is 3.20. The first-order chi connectivity index (χ1) is 7.18. The lowest BCUT2D eigenvalue weighted by Gasteiger charge is -2.03. The molecule has 0 aromatic carbocycles. The third-order valence-corrected chi connectivity index (χ3v) is 2.07. The fourth-order valence-electron chi connectivity index (χ4n) is 1.36. The molecule has 0 aliphatic carbocycles. The highest BCUT2D eigenvalue weighted by Gasteiger charge is 2.06. The topological polar surface area (TPSA) is 85.8 Å². The van der Waals surface area contributed by atoms with Gasteiger partial charge in [0.05, 0.1) is 18.4 Å². The highest BCUT2D eigenvalue weighted by atomic mass is 16.1. The van der Waals surface area contributed by atoms with Gasteiger partial charge in [0.2, 0.25) is 5.91 Å². The maximum Gasteiger partial charge on any atom is 0.236 e. The van der Waals surface area contributed by atoms with E-state index in [0.29, 0.717) is 5.82 Å². The number of pyridine rings is 1. The molecular formula is C9H11N5O. The van der Waals surface area contributed by atoms with Crippen LogP contribution in [-0.4, -0.2) is 27.0 Å². The number of amides is 1. The first-order valence-corrected chi connectivity index (χ1v) is 4.46. The number of nitrogens with one attached hydrogen (secondary N) is 1. The first kappa shape index (κ1) is 9.45. The van der Waals surface area contributed by atoms with Crippen molar-refractivity contribution in [1.29, 1.82) is 0 Å². The van der Waals surface area contributed by atoms with Gasteiger partial charge in [-0.05, 0) is 6.07 Å². The molecule has 2 heterocycles. The molecule has 78 valence electrons. The van der Waals surface area contributed by atoms with Gasteiger partial charge in [-0.2, -0.15) is 0 Å². The average molecular weight is 205 g/mol. The molecule has 0 saturated heterocycles. The summed E-state index contributed by atoms with van der Waals surface area (Å²) in [5.41, 5.74) is 6.73. The standard InChI is InChI=1S/C9H11N5O/c1-14-5-13-8-6(14)2-3-11-9(8)12-4-7(10)15/h2-3,5H,4H2,1H3,(H2,10,15)(H,11,12). The highest BCUT2D eigenvalue weighted by molar-refractivity contribution is 5.88. The number of anilines is 1. The van der Waals surface area contributed by atoms with Crippen LogP contribution in [0.5, 0.6) is 0 Å². The van der Waals surface area contributed by atoms with Crippen molar-refractivity contribution in [3.63, 3.8) is 0 Å². The Hall–Kier alpha value is -2.11. The van der Waals surface area contributed by atoms with Crippen molar-refractivity contribution in [2.45, 2.75) is 0 Å². The molecule has 0 aliphatic heterocycles. The molecule has 2 aromatic heterocycles. The molecule has 2 rings (SSSR count). The third-order valence-electron chi connectivity index (χ3n) is 2.07. The molecule has 0 spiro atoms. The Morgan fingerprint density at radius 1 is 1.60 bits per heavy atom. The molecule has 0 bridgehead atoms. The molecule has 3 N–H and O–H groups in total. The number of imidazole rings is 1. The van der Waals surface area contributed by atoms with Gasteiger partial charge in [-0.15, -0.1) is 0 Å². The van der Waals surface area contributed by atoms with Gasteiger partial charge in [-0.25, -0.2) is 9.97 Å². The normalized spacial score (nSPS) is 10.5. The summed E-state index contributed by atoms with van der Waals surface area (Å²) in [6.07, 6.45) is 3.36. The number of aromatic nitrogens is 3. The van der Waals surface area contributed by atoms with Crippen LogP contribution >= 0.6 is 0 Å². The van der Waals surface area contributed by atoms with E-state index in [2.05, 4.69) is 15.3 Å². The second kappa shape index (κ2) is 3.56. The summed E-state index contributed by atoms with van der Waals surface area (Å²) in [5.74, 6) is 0.150. The van der Waals surface area contributed by atoms with E-state index in [-0.39, 0.29) is 6.54 Å². The number of hydrogen-bond acceptors (Lipinski definition) is 4. The molecule has 2 aromatic rings. The van der Waals surface area contributed by atoms with E-state index in [1.54, 1.807) is 12.5 Å². The molecule has 0 aliphatic rings. The zero-order valence-electron chi connectivity index (χ0n) is 8.27. The fraction of sp³-hybridized carbons (Fsp3) is 0.222. The number of carbonyl (C=O) groups excluding carboxylic acids is 1. The number of rotatable bonds is 3. The zero-order chi connectivity index (χ0) is 10.8. The molecule has 1 amide bonds. The van der Waals surface area contributed by atoms with E-state index in [9.17, 15) is 4.79 Å². The summed E-state index contributed by atoms with van der Waals surface area (Å²) in [7, 11) is 1.90. The Kier molecular flexibility index (Phi) is 2.24. The van der Waals surface area contributed by atoms with E-state index in [4.69, 9.17) is 5.73 Å². The van der Waals surface area contributed by atoms with Crippen LogP contribution in [0.2, 0.25) is 0 Å². The van der Waals surface area contributed by atoms with Crippen molar-refractivity contribution >= 4 is 22.8 Å². The fourth-order valence-corrected chi connectivity index (χ4v) is 1.36. The molecular weight excluding hydrogens is 194 g/mol. The van der Waals surface area contributed by atoms with Gasteiger partial charge in [0, 0.05) is 13.2 Å². The van der Waals surface area contributed by atoms with Gasteiger partial charge < -0.3 is 15.6 Å². The van der Waals surface area contributed by atoms with Crippen LogP contribution in [0.15, 0.2) is 18.6 Å². The van der Waals surface area contributed by atoms with Gasteiger partial charge in [0.15, 0.2) is 5.82 Å². The summed E-state index contributed by atoms with van der Waals surface area (Å²) in [4.78, 5) is 18.9. The summed E-state index contributed by atoms with van der Waals surface area (Å²) in [5, 5.41) is 2.84. The molecule has 0 saturated carbocycles. The third kappa shape index (κ3) is 1.74. The number of nitrogens with two attached hydrogens (primary N) is 1. The predicted molar refractivity (Wildman–Crippen MR) is 56.2 cm³/mol. The smallest absolute Gasteiger partial charge is 0.236 e. The lowest BCUT2D eigenvalue weighted by Crippen LogP contribution is -2.22. The van der Waals surface area contributed by atoms with Crippen LogP contribution in [0, 0.1) is 0 Å². The van der Waals surface area contributed by atoms with E-state index in [0.717, 1.165) is 11.0 Å². The van der Waals surface area contributed by atoms with Crippen LogP contribution in [0.25, 0.3) is 11.0 Å². The van der Waals surface area contributed by atoms with Crippen molar-refractivity contribution < 1.29 is 4.79 Å². The largest absolute Gasteiger partial charge is 0.368 e. The number of aryl methyl sites for hydroxylation is 1. The Bertz CT molecular complexity index is 504. The summed E-state index contributed by atoms with van der Waals surface area (Å²) in [6.45, 7) is 0.0582. The number of carbonyl (C=O) groups is 1. The molecule has 0 radical (unpaired) electrons. The highest BCUT2D eigenvalue weighted by Crippen LogP contribution is 2.17. The van der Waals surface area contributed by atoms with Crippen molar-refractivity contribution in [3.8, 4) is 0 Å². The number of hydrogen-bond donors (Lipinski definition) is 2. The zero-order valence-corrected chi connectivity index (χ0v) is 8.27. The molecule has 0 fully saturated rings. The number of primary amides is 1. The van der Waals surface area contributed by atoms with Gasteiger partial charge in [0.25, 0.3) is 0 Å².